The molecule has 0 bridgehead atoms. The van der Waals surface area contributed by atoms with Gasteiger partial charge in [-0.05, 0) is 50.1 Å². The van der Waals surface area contributed by atoms with E-state index in [9.17, 15) is 4.79 Å². The van der Waals surface area contributed by atoms with Crippen molar-refractivity contribution in [2.75, 3.05) is 0 Å². The first-order chi connectivity index (χ1) is 13.1. The molecule has 3 aromatic rings. The van der Waals surface area contributed by atoms with Crippen molar-refractivity contribution >= 4 is 5.91 Å². The Kier molecular flexibility index (Phi) is 5.96. The molecule has 0 atom stereocenters. The van der Waals surface area contributed by atoms with E-state index in [1.807, 2.05) is 42.8 Å². The summed E-state index contributed by atoms with van der Waals surface area (Å²) in [7, 11) is 0. The number of nitrogens with zero attached hydrogens (tertiary/aromatic N) is 2. The molecule has 1 aromatic carbocycles. The van der Waals surface area contributed by atoms with E-state index in [0.717, 1.165) is 30.0 Å². The Morgan fingerprint density at radius 3 is 2.63 bits per heavy atom. The van der Waals surface area contributed by atoms with Crippen LogP contribution in [0, 0.1) is 6.92 Å². The average Bonchev–Trinajstić information content (AvgIpc) is 3.31. The van der Waals surface area contributed by atoms with Crippen LogP contribution in [0.4, 0.5) is 0 Å². The van der Waals surface area contributed by atoms with Gasteiger partial charge in [0.1, 0.15) is 18.1 Å². The zero-order valence-electron chi connectivity index (χ0n) is 16.0. The van der Waals surface area contributed by atoms with E-state index in [1.165, 1.54) is 5.56 Å². The van der Waals surface area contributed by atoms with E-state index in [2.05, 4.69) is 17.3 Å². The van der Waals surface area contributed by atoms with Gasteiger partial charge >= 0.3 is 0 Å². The highest BCUT2D eigenvalue weighted by atomic mass is 16.5. The normalized spacial score (nSPS) is 10.8. The quantitative estimate of drug-likeness (QED) is 0.656. The fourth-order valence-corrected chi connectivity index (χ4v) is 2.79. The van der Waals surface area contributed by atoms with Gasteiger partial charge in [-0.25, -0.2) is 0 Å². The molecule has 0 spiro atoms. The molecule has 0 saturated carbocycles. The summed E-state index contributed by atoms with van der Waals surface area (Å²) in [6.45, 7) is 7.65. The second kappa shape index (κ2) is 8.58. The Labute approximate surface area is 159 Å². The number of nitrogens with one attached hydrogen (secondary N) is 1. The third kappa shape index (κ3) is 4.58. The van der Waals surface area contributed by atoms with Gasteiger partial charge in [-0.15, -0.1) is 0 Å². The molecular formula is C21H25N3O3. The average molecular weight is 367 g/mol. The predicted octanol–water partition coefficient (Wildman–Crippen LogP) is 3.88. The maximum absolute atomic E-state index is 12.3. The fourth-order valence-electron chi connectivity index (χ4n) is 2.79. The van der Waals surface area contributed by atoms with Gasteiger partial charge in [0, 0.05) is 24.3 Å². The molecule has 0 radical (unpaired) electrons. The number of rotatable bonds is 8. The number of hydrogen-bond acceptors (Lipinski definition) is 4. The van der Waals surface area contributed by atoms with E-state index in [1.54, 1.807) is 18.3 Å². The Balaban J connectivity index is 1.52. The first kappa shape index (κ1) is 18.8. The van der Waals surface area contributed by atoms with E-state index in [4.69, 9.17) is 9.15 Å². The van der Waals surface area contributed by atoms with Gasteiger partial charge in [0.05, 0.1) is 6.20 Å². The van der Waals surface area contributed by atoms with Crippen LogP contribution in [0.3, 0.4) is 0 Å². The van der Waals surface area contributed by atoms with Gasteiger partial charge < -0.3 is 14.5 Å². The lowest BCUT2D eigenvalue weighted by molar-refractivity contribution is 0.0919. The van der Waals surface area contributed by atoms with Crippen molar-refractivity contribution in [1.29, 1.82) is 0 Å². The molecule has 27 heavy (non-hydrogen) atoms. The Bertz CT molecular complexity index is 894. The van der Waals surface area contributed by atoms with Gasteiger partial charge in [0.25, 0.3) is 5.91 Å². The fraction of sp³-hybridized carbons (Fsp3) is 0.333. The highest BCUT2D eigenvalue weighted by Gasteiger charge is 2.13. The summed E-state index contributed by atoms with van der Waals surface area (Å²) in [4.78, 5) is 12.3. The predicted molar refractivity (Wildman–Crippen MR) is 103 cm³/mol. The highest BCUT2D eigenvalue weighted by Crippen LogP contribution is 2.16. The largest absolute Gasteiger partial charge is 0.486 e. The lowest BCUT2D eigenvalue weighted by atomic mass is 10.2. The van der Waals surface area contributed by atoms with Gasteiger partial charge in [0.2, 0.25) is 0 Å². The molecule has 0 unspecified atom stereocenters. The van der Waals surface area contributed by atoms with Crippen LogP contribution in [-0.4, -0.2) is 15.7 Å². The molecule has 1 amide bonds. The van der Waals surface area contributed by atoms with E-state index in [-0.39, 0.29) is 18.3 Å². The summed E-state index contributed by atoms with van der Waals surface area (Å²) < 4.78 is 13.2. The molecule has 2 aromatic heterocycles. The van der Waals surface area contributed by atoms with Gasteiger partial charge in [-0.2, -0.15) is 5.10 Å². The number of aryl methyl sites for hydroxylation is 2. The molecule has 0 aliphatic carbocycles. The number of carbonyl (C=O) groups excluding carboxylic acids is 1. The molecule has 0 aliphatic rings. The first-order valence-corrected chi connectivity index (χ1v) is 9.20. The minimum Gasteiger partial charge on any atom is -0.486 e. The standard InChI is InChI=1S/C21H25N3O3/c1-4-16-6-8-18(9-7-16)26-14-19-10-11-20(27-19)21(25)22-12-17-13-23-24(5-2)15(17)3/h6-11,13H,4-5,12,14H2,1-3H3,(H,22,25). The summed E-state index contributed by atoms with van der Waals surface area (Å²) >= 11 is 0. The Hall–Kier alpha value is -3.02. The van der Waals surface area contributed by atoms with Gasteiger partial charge in [-0.1, -0.05) is 19.1 Å². The third-order valence-corrected chi connectivity index (χ3v) is 4.54. The summed E-state index contributed by atoms with van der Waals surface area (Å²) in [5, 5.41) is 7.14. The molecule has 6 nitrogen and oxygen atoms in total. The van der Waals surface area contributed by atoms with Gasteiger partial charge in [-0.3, -0.25) is 9.48 Å². The molecular weight excluding hydrogens is 342 g/mol. The van der Waals surface area contributed by atoms with Crippen molar-refractivity contribution in [3.63, 3.8) is 0 Å². The molecule has 0 saturated heterocycles. The summed E-state index contributed by atoms with van der Waals surface area (Å²) in [6.07, 6.45) is 2.78. The SMILES string of the molecule is CCc1ccc(OCc2ccc(C(=O)NCc3cnn(CC)c3C)o2)cc1. The molecule has 2 heterocycles. The lowest BCUT2D eigenvalue weighted by Gasteiger charge is -2.05. The second-order valence-electron chi connectivity index (χ2n) is 6.31. The Morgan fingerprint density at radius 1 is 1.19 bits per heavy atom. The van der Waals surface area contributed by atoms with E-state index in [0.29, 0.717) is 12.3 Å². The van der Waals surface area contributed by atoms with Gasteiger partial charge in [0.15, 0.2) is 5.76 Å². The molecule has 0 fully saturated rings. The first-order valence-electron chi connectivity index (χ1n) is 9.20. The minimum absolute atomic E-state index is 0.253. The number of benzene rings is 1. The van der Waals surface area contributed by atoms with Crippen LogP contribution in [0.5, 0.6) is 5.75 Å². The van der Waals surface area contributed by atoms with E-state index < -0.39 is 0 Å². The van der Waals surface area contributed by atoms with Crippen LogP contribution in [0.15, 0.2) is 47.0 Å². The van der Waals surface area contributed by atoms with Crippen LogP contribution in [0.1, 0.15) is 47.0 Å². The van der Waals surface area contributed by atoms with Crippen molar-refractivity contribution in [3.8, 4) is 5.75 Å². The zero-order chi connectivity index (χ0) is 19.2. The Morgan fingerprint density at radius 2 is 1.96 bits per heavy atom. The van der Waals surface area contributed by atoms with E-state index >= 15 is 0 Å². The lowest BCUT2D eigenvalue weighted by Crippen LogP contribution is -2.22. The molecule has 1 N–H and O–H groups in total. The number of furan rings is 1. The van der Waals surface area contributed by atoms with Crippen LogP contribution in [0.25, 0.3) is 0 Å². The second-order valence-corrected chi connectivity index (χ2v) is 6.31. The molecule has 142 valence electrons. The monoisotopic (exact) mass is 367 g/mol. The van der Waals surface area contributed by atoms with Crippen molar-refractivity contribution in [2.45, 2.75) is 46.9 Å². The summed E-state index contributed by atoms with van der Waals surface area (Å²) in [6, 6.07) is 11.4. The van der Waals surface area contributed by atoms with Crippen molar-refractivity contribution < 1.29 is 13.9 Å². The maximum atomic E-state index is 12.3. The smallest absolute Gasteiger partial charge is 0.287 e. The summed E-state index contributed by atoms with van der Waals surface area (Å²) in [5.74, 6) is 1.40. The number of hydrogen-bond donors (Lipinski definition) is 1. The van der Waals surface area contributed by atoms with Crippen molar-refractivity contribution in [3.05, 3.63) is 70.9 Å². The number of aromatic nitrogens is 2. The molecule has 6 heteroatoms. The third-order valence-electron chi connectivity index (χ3n) is 4.54. The number of carbonyl (C=O) groups is 1. The molecule has 0 aliphatic heterocycles. The molecule has 3 rings (SSSR count). The van der Waals surface area contributed by atoms with Crippen LogP contribution in [-0.2, 0) is 26.1 Å². The maximum Gasteiger partial charge on any atom is 0.287 e. The summed E-state index contributed by atoms with van der Waals surface area (Å²) in [5.41, 5.74) is 3.32. The van der Waals surface area contributed by atoms with Crippen LogP contribution >= 0.6 is 0 Å². The topological polar surface area (TPSA) is 69.3 Å². The minimum atomic E-state index is -0.253. The van der Waals surface area contributed by atoms with Crippen molar-refractivity contribution in [2.24, 2.45) is 0 Å². The highest BCUT2D eigenvalue weighted by molar-refractivity contribution is 5.91. The van der Waals surface area contributed by atoms with Crippen LogP contribution < -0.4 is 10.1 Å². The number of amides is 1. The zero-order valence-corrected chi connectivity index (χ0v) is 16.0. The van der Waals surface area contributed by atoms with Crippen molar-refractivity contribution in [1.82, 2.24) is 15.1 Å². The number of ether oxygens (including phenoxy) is 1. The van der Waals surface area contributed by atoms with Crippen LogP contribution in [0.2, 0.25) is 0 Å².